The van der Waals surface area contributed by atoms with Crippen LogP contribution in [0.2, 0.25) is 0 Å². The van der Waals surface area contributed by atoms with Gasteiger partial charge >= 0.3 is 6.03 Å². The predicted molar refractivity (Wildman–Crippen MR) is 80.3 cm³/mol. The molecule has 0 fully saturated rings. The molecule has 0 saturated heterocycles. The molecular weight excluding hydrogens is 298 g/mol. The van der Waals surface area contributed by atoms with Crippen molar-refractivity contribution in [2.24, 2.45) is 0 Å². The van der Waals surface area contributed by atoms with E-state index in [4.69, 9.17) is 5.11 Å². The van der Waals surface area contributed by atoms with Crippen LogP contribution in [0.4, 0.5) is 13.6 Å². The Morgan fingerprint density at radius 1 is 1.38 bits per heavy atom. The van der Waals surface area contributed by atoms with Gasteiger partial charge in [-0.25, -0.2) is 13.6 Å². The maximum absolute atomic E-state index is 13.6. The van der Waals surface area contributed by atoms with Crippen molar-refractivity contribution in [1.29, 1.82) is 0 Å². The van der Waals surface area contributed by atoms with Crippen molar-refractivity contribution in [1.82, 2.24) is 10.6 Å². The predicted octanol–water partition coefficient (Wildman–Crippen LogP) is 2.44. The van der Waals surface area contributed by atoms with Gasteiger partial charge in [0, 0.05) is 30.0 Å². The lowest BCUT2D eigenvalue weighted by atomic mass is 10.1. The first kappa shape index (κ1) is 17.7. The zero-order valence-electron chi connectivity index (χ0n) is 12.0. The summed E-state index contributed by atoms with van der Waals surface area (Å²) in [7, 11) is 0. The van der Waals surface area contributed by atoms with Gasteiger partial charge in [0.05, 0.1) is 6.04 Å². The number of halogens is 2. The lowest BCUT2D eigenvalue weighted by Gasteiger charge is -2.20. The van der Waals surface area contributed by atoms with E-state index in [9.17, 15) is 13.6 Å². The molecular formula is C14H20F2N2O2S. The maximum atomic E-state index is 13.6. The second-order valence-corrected chi connectivity index (χ2v) is 5.58. The van der Waals surface area contributed by atoms with Gasteiger partial charge in [0.25, 0.3) is 0 Å². The van der Waals surface area contributed by atoms with Crippen molar-refractivity contribution in [3.05, 3.63) is 35.4 Å². The molecule has 2 amide bonds. The molecule has 0 aromatic heterocycles. The van der Waals surface area contributed by atoms with E-state index < -0.39 is 23.7 Å². The second kappa shape index (κ2) is 8.84. The number of rotatable bonds is 7. The van der Waals surface area contributed by atoms with Crippen molar-refractivity contribution in [3.63, 3.8) is 0 Å². The summed E-state index contributed by atoms with van der Waals surface area (Å²) in [6, 6.07) is 2.05. The summed E-state index contributed by atoms with van der Waals surface area (Å²) < 4.78 is 26.5. The Bertz CT molecular complexity index is 468. The minimum atomic E-state index is -0.696. The quantitative estimate of drug-likeness (QED) is 0.724. The summed E-state index contributed by atoms with van der Waals surface area (Å²) in [5.74, 6) is -0.678. The van der Waals surface area contributed by atoms with E-state index in [-0.39, 0.29) is 18.2 Å². The van der Waals surface area contributed by atoms with Gasteiger partial charge in [-0.2, -0.15) is 11.8 Å². The van der Waals surface area contributed by atoms with Crippen LogP contribution in [0.5, 0.6) is 0 Å². The van der Waals surface area contributed by atoms with E-state index in [1.165, 1.54) is 6.07 Å². The number of thioether (sulfide) groups is 1. The Hall–Kier alpha value is -1.34. The Morgan fingerprint density at radius 2 is 2.10 bits per heavy atom. The third-order valence-corrected chi connectivity index (χ3v) is 3.69. The van der Waals surface area contributed by atoms with Gasteiger partial charge in [-0.1, -0.05) is 6.07 Å². The van der Waals surface area contributed by atoms with Gasteiger partial charge in [-0.15, -0.1) is 0 Å². The van der Waals surface area contributed by atoms with Crippen LogP contribution >= 0.6 is 11.8 Å². The second-order valence-electron chi connectivity index (χ2n) is 4.67. The third kappa shape index (κ3) is 5.89. The monoisotopic (exact) mass is 318 g/mol. The van der Waals surface area contributed by atoms with E-state index in [1.807, 2.05) is 6.26 Å². The molecule has 0 radical (unpaired) electrons. The van der Waals surface area contributed by atoms with E-state index in [1.54, 1.807) is 18.7 Å². The van der Waals surface area contributed by atoms with Gasteiger partial charge in [-0.05, 0) is 25.7 Å². The molecule has 0 bridgehead atoms. The molecule has 1 aromatic carbocycles. The Morgan fingerprint density at radius 3 is 2.67 bits per heavy atom. The molecule has 1 rings (SSSR count). The SMILES string of the molecule is CSCC(CCO)NC(=O)NC(C)c1ccc(F)cc1F. The average molecular weight is 318 g/mol. The van der Waals surface area contributed by atoms with E-state index in [0.29, 0.717) is 12.2 Å². The number of amides is 2. The summed E-state index contributed by atoms with van der Waals surface area (Å²) in [5, 5.41) is 14.3. The van der Waals surface area contributed by atoms with Crippen LogP contribution in [-0.4, -0.2) is 35.8 Å². The number of carbonyl (C=O) groups is 1. The number of aliphatic hydroxyl groups excluding tert-OH is 1. The number of benzene rings is 1. The highest BCUT2D eigenvalue weighted by atomic mass is 32.2. The molecule has 0 aliphatic carbocycles. The number of nitrogens with one attached hydrogen (secondary N) is 2. The molecule has 118 valence electrons. The first-order valence-electron chi connectivity index (χ1n) is 6.59. The number of hydrogen-bond acceptors (Lipinski definition) is 3. The van der Waals surface area contributed by atoms with Crippen LogP contribution < -0.4 is 10.6 Å². The number of hydrogen-bond donors (Lipinski definition) is 3. The van der Waals surface area contributed by atoms with Crippen LogP contribution in [0.15, 0.2) is 18.2 Å². The number of carbonyl (C=O) groups excluding carboxylic acids is 1. The number of aliphatic hydroxyl groups is 1. The fourth-order valence-electron chi connectivity index (χ4n) is 1.91. The third-order valence-electron chi connectivity index (χ3n) is 2.96. The van der Waals surface area contributed by atoms with Crippen LogP contribution in [-0.2, 0) is 0 Å². The van der Waals surface area contributed by atoms with E-state index in [2.05, 4.69) is 10.6 Å². The summed E-state index contributed by atoms with van der Waals surface area (Å²) in [4.78, 5) is 11.9. The van der Waals surface area contributed by atoms with Gasteiger partial charge < -0.3 is 15.7 Å². The molecule has 0 saturated carbocycles. The lowest BCUT2D eigenvalue weighted by Crippen LogP contribution is -2.44. The van der Waals surface area contributed by atoms with Gasteiger partial charge in [0.15, 0.2) is 0 Å². The summed E-state index contributed by atoms with van der Waals surface area (Å²) in [6.45, 7) is 1.60. The largest absolute Gasteiger partial charge is 0.396 e. The average Bonchev–Trinajstić information content (AvgIpc) is 2.38. The lowest BCUT2D eigenvalue weighted by molar-refractivity contribution is 0.228. The van der Waals surface area contributed by atoms with E-state index in [0.717, 1.165) is 12.1 Å². The van der Waals surface area contributed by atoms with Crippen molar-refractivity contribution in [2.45, 2.75) is 25.4 Å². The molecule has 3 N–H and O–H groups in total. The summed E-state index contributed by atoms with van der Waals surface area (Å²) in [5.41, 5.74) is 0.218. The van der Waals surface area contributed by atoms with Crippen molar-refractivity contribution < 1.29 is 18.7 Å². The van der Waals surface area contributed by atoms with Gasteiger partial charge in [-0.3, -0.25) is 0 Å². The topological polar surface area (TPSA) is 61.4 Å². The minimum Gasteiger partial charge on any atom is -0.396 e. The Kier molecular flexibility index (Phi) is 7.45. The van der Waals surface area contributed by atoms with Crippen molar-refractivity contribution >= 4 is 17.8 Å². The van der Waals surface area contributed by atoms with Crippen LogP contribution in [0.25, 0.3) is 0 Å². The van der Waals surface area contributed by atoms with Crippen LogP contribution in [0, 0.1) is 11.6 Å². The zero-order valence-corrected chi connectivity index (χ0v) is 12.8. The van der Waals surface area contributed by atoms with Crippen molar-refractivity contribution in [3.8, 4) is 0 Å². The van der Waals surface area contributed by atoms with Crippen LogP contribution in [0.3, 0.4) is 0 Å². The first-order valence-corrected chi connectivity index (χ1v) is 7.99. The fraction of sp³-hybridized carbons (Fsp3) is 0.500. The molecule has 21 heavy (non-hydrogen) atoms. The molecule has 0 aliphatic rings. The molecule has 0 heterocycles. The molecule has 0 aliphatic heterocycles. The highest BCUT2D eigenvalue weighted by Crippen LogP contribution is 2.17. The summed E-state index contributed by atoms with van der Waals surface area (Å²) in [6.07, 6.45) is 2.36. The zero-order chi connectivity index (χ0) is 15.8. The smallest absolute Gasteiger partial charge is 0.315 e. The Balaban J connectivity index is 2.60. The standard InChI is InChI=1S/C14H20F2N2O2S/c1-9(12-4-3-10(15)7-13(12)16)17-14(20)18-11(5-6-19)8-21-2/h3-4,7,9,11,19H,5-6,8H2,1-2H3,(H2,17,18,20). The molecule has 1 aromatic rings. The summed E-state index contributed by atoms with van der Waals surface area (Å²) >= 11 is 1.56. The molecule has 2 atom stereocenters. The molecule has 7 heteroatoms. The number of urea groups is 1. The Labute approximate surface area is 127 Å². The first-order chi connectivity index (χ1) is 9.97. The van der Waals surface area contributed by atoms with Gasteiger partial charge in [0.1, 0.15) is 11.6 Å². The molecule has 0 spiro atoms. The molecule has 2 unspecified atom stereocenters. The minimum absolute atomic E-state index is 0.0202. The highest BCUT2D eigenvalue weighted by Gasteiger charge is 2.16. The fourth-order valence-corrected chi connectivity index (χ4v) is 2.56. The maximum Gasteiger partial charge on any atom is 0.315 e. The van der Waals surface area contributed by atoms with Gasteiger partial charge in [0.2, 0.25) is 0 Å². The van der Waals surface area contributed by atoms with Crippen molar-refractivity contribution in [2.75, 3.05) is 18.6 Å². The normalized spacial score (nSPS) is 13.6. The molecule has 4 nitrogen and oxygen atoms in total. The van der Waals surface area contributed by atoms with Crippen LogP contribution in [0.1, 0.15) is 24.9 Å². The highest BCUT2D eigenvalue weighted by molar-refractivity contribution is 7.98. The van der Waals surface area contributed by atoms with E-state index >= 15 is 0 Å².